The molecule has 0 aromatic heterocycles. The molecule has 1 amide bonds. The molecule has 0 bridgehead atoms. The molecule has 1 N–H and O–H groups in total. The predicted octanol–water partition coefficient (Wildman–Crippen LogP) is 2.18. The molecule has 0 saturated heterocycles. The Kier molecular flexibility index (Phi) is 6.32. The Morgan fingerprint density at radius 2 is 1.94 bits per heavy atom. The van der Waals surface area contributed by atoms with Gasteiger partial charge in [0, 0.05) is 10.9 Å². The topological polar surface area (TPSA) is 63.2 Å². The molecule has 0 spiro atoms. The fourth-order valence-electron chi connectivity index (χ4n) is 1.25. The third-order valence-electron chi connectivity index (χ3n) is 2.53. The van der Waals surface area contributed by atoms with E-state index in [2.05, 4.69) is 11.9 Å². The Labute approximate surface area is 110 Å². The number of sulfone groups is 1. The van der Waals surface area contributed by atoms with Gasteiger partial charge < -0.3 is 5.32 Å². The van der Waals surface area contributed by atoms with Gasteiger partial charge >= 0.3 is 0 Å². The molecule has 0 aliphatic rings. The van der Waals surface area contributed by atoms with Crippen molar-refractivity contribution >= 4 is 15.7 Å². The molecule has 0 rings (SSSR count). The lowest BCUT2D eigenvalue weighted by Crippen LogP contribution is -2.42. The van der Waals surface area contributed by atoms with Crippen molar-refractivity contribution in [2.24, 2.45) is 0 Å². The third kappa shape index (κ3) is 6.59. The summed E-state index contributed by atoms with van der Waals surface area (Å²) in [4.78, 5) is 11.2. The number of nitrogens with one attached hydrogen (secondary N) is 1. The van der Waals surface area contributed by atoms with Gasteiger partial charge in [-0.1, -0.05) is 12.7 Å². The zero-order valence-electron chi connectivity index (χ0n) is 11.6. The van der Waals surface area contributed by atoms with Crippen LogP contribution >= 0.6 is 0 Å². The van der Waals surface area contributed by atoms with E-state index in [1.807, 2.05) is 13.8 Å². The second kappa shape index (κ2) is 6.73. The Balaban J connectivity index is 4.31. The van der Waals surface area contributed by atoms with Crippen molar-refractivity contribution in [3.63, 3.8) is 0 Å². The molecule has 0 saturated carbocycles. The normalized spacial score (nSPS) is 12.9. The molecular weight excluding hydrogens is 250 g/mol. The molecule has 0 radical (unpaired) electrons. The molecule has 4 nitrogen and oxygen atoms in total. The summed E-state index contributed by atoms with van der Waals surface area (Å²) < 4.78 is 23.0. The average Bonchev–Trinajstić information content (AvgIpc) is 2.23. The quantitative estimate of drug-likeness (QED) is 0.723. The van der Waals surface area contributed by atoms with E-state index >= 15 is 0 Å². The van der Waals surface area contributed by atoms with Gasteiger partial charge in [0.2, 0.25) is 5.91 Å². The van der Waals surface area contributed by atoms with E-state index in [0.717, 1.165) is 0 Å². The second-order valence-electron chi connectivity index (χ2n) is 5.13. The van der Waals surface area contributed by atoms with E-state index in [0.29, 0.717) is 12.8 Å². The summed E-state index contributed by atoms with van der Waals surface area (Å²) in [5.41, 5.74) is -0.378. The number of hydrogen-bond donors (Lipinski definition) is 1. The molecule has 18 heavy (non-hydrogen) atoms. The van der Waals surface area contributed by atoms with Crippen molar-refractivity contribution < 1.29 is 13.2 Å². The predicted molar refractivity (Wildman–Crippen MR) is 74.8 cm³/mol. The van der Waals surface area contributed by atoms with Crippen LogP contribution in [0.3, 0.4) is 0 Å². The summed E-state index contributed by atoms with van der Waals surface area (Å²) in [6, 6.07) is 0. The lowest BCUT2D eigenvalue weighted by Gasteiger charge is -2.24. The van der Waals surface area contributed by atoms with E-state index < -0.39 is 15.1 Å². The maximum absolute atomic E-state index is 11.5. The lowest BCUT2D eigenvalue weighted by molar-refractivity contribution is -0.118. The smallest absolute Gasteiger partial charge is 0.243 e. The van der Waals surface area contributed by atoms with Crippen LogP contribution in [-0.2, 0) is 14.6 Å². The summed E-state index contributed by atoms with van der Waals surface area (Å²) >= 11 is 0. The molecule has 0 unspecified atom stereocenters. The Morgan fingerprint density at radius 1 is 1.39 bits per heavy atom. The molecule has 0 heterocycles. The fraction of sp³-hybridized carbons (Fsp3) is 0.615. The van der Waals surface area contributed by atoms with Crippen molar-refractivity contribution in [1.29, 1.82) is 0 Å². The summed E-state index contributed by atoms with van der Waals surface area (Å²) in [6.07, 6.45) is 4.12. The molecule has 0 aromatic rings. The van der Waals surface area contributed by atoms with Crippen LogP contribution in [-0.4, -0.2) is 25.1 Å². The first-order valence-electron chi connectivity index (χ1n) is 5.96. The molecule has 0 aromatic carbocycles. The minimum absolute atomic E-state index is 0.223. The molecule has 0 aliphatic heterocycles. The fourth-order valence-corrected chi connectivity index (χ4v) is 1.97. The zero-order valence-corrected chi connectivity index (χ0v) is 12.4. The average molecular weight is 273 g/mol. The first-order valence-corrected chi connectivity index (χ1v) is 7.57. The SMILES string of the molecule is C=CC(=O)NC(C)(C)CC/C=C/S(=O)(=O)C(C)C. The first kappa shape index (κ1) is 16.9. The third-order valence-corrected chi connectivity index (χ3v) is 4.41. The van der Waals surface area contributed by atoms with Crippen molar-refractivity contribution in [1.82, 2.24) is 5.32 Å². The van der Waals surface area contributed by atoms with Gasteiger partial charge in [-0.3, -0.25) is 4.79 Å². The minimum atomic E-state index is -3.13. The van der Waals surface area contributed by atoms with Crippen LogP contribution in [0.15, 0.2) is 24.1 Å². The van der Waals surface area contributed by atoms with Gasteiger partial charge in [0.05, 0.1) is 5.25 Å². The summed E-state index contributed by atoms with van der Waals surface area (Å²) in [7, 11) is -3.13. The van der Waals surface area contributed by atoms with Gasteiger partial charge in [0.1, 0.15) is 0 Å². The maximum atomic E-state index is 11.5. The van der Waals surface area contributed by atoms with Gasteiger partial charge in [0.25, 0.3) is 0 Å². The van der Waals surface area contributed by atoms with Crippen LogP contribution < -0.4 is 5.32 Å². The highest BCUT2D eigenvalue weighted by atomic mass is 32.2. The van der Waals surface area contributed by atoms with E-state index in [1.54, 1.807) is 19.9 Å². The minimum Gasteiger partial charge on any atom is -0.348 e. The Hall–Kier alpha value is -1.10. The highest BCUT2D eigenvalue weighted by Gasteiger charge is 2.18. The number of allylic oxidation sites excluding steroid dienone is 1. The van der Waals surface area contributed by atoms with Crippen molar-refractivity contribution in [2.75, 3.05) is 0 Å². The number of rotatable bonds is 7. The second-order valence-corrected chi connectivity index (χ2v) is 7.52. The van der Waals surface area contributed by atoms with Gasteiger partial charge in [-0.25, -0.2) is 8.42 Å². The lowest BCUT2D eigenvalue weighted by atomic mass is 9.98. The number of hydrogen-bond acceptors (Lipinski definition) is 3. The molecule has 0 atom stereocenters. The first-order chi connectivity index (χ1) is 8.10. The summed E-state index contributed by atoms with van der Waals surface area (Å²) in [6.45, 7) is 10.5. The van der Waals surface area contributed by atoms with Gasteiger partial charge in [-0.05, 0) is 46.6 Å². The van der Waals surface area contributed by atoms with Crippen molar-refractivity contribution in [3.05, 3.63) is 24.1 Å². The van der Waals surface area contributed by atoms with Crippen LogP contribution in [0.25, 0.3) is 0 Å². The molecule has 104 valence electrons. The van der Waals surface area contributed by atoms with Crippen LogP contribution in [0.1, 0.15) is 40.5 Å². The van der Waals surface area contributed by atoms with Crippen molar-refractivity contribution in [3.8, 4) is 0 Å². The van der Waals surface area contributed by atoms with E-state index in [-0.39, 0.29) is 11.4 Å². The van der Waals surface area contributed by atoms with Gasteiger partial charge in [-0.15, -0.1) is 0 Å². The number of carbonyl (C=O) groups excluding carboxylic acids is 1. The van der Waals surface area contributed by atoms with Crippen LogP contribution in [0.4, 0.5) is 0 Å². The molecule has 0 aliphatic carbocycles. The molecule has 5 heteroatoms. The largest absolute Gasteiger partial charge is 0.348 e. The number of carbonyl (C=O) groups is 1. The Morgan fingerprint density at radius 3 is 2.39 bits per heavy atom. The van der Waals surface area contributed by atoms with Gasteiger partial charge in [-0.2, -0.15) is 0 Å². The molecule has 0 fully saturated rings. The van der Waals surface area contributed by atoms with Crippen LogP contribution in [0, 0.1) is 0 Å². The van der Waals surface area contributed by atoms with Gasteiger partial charge in [0.15, 0.2) is 9.84 Å². The highest BCUT2D eigenvalue weighted by molar-refractivity contribution is 7.94. The Bertz CT molecular complexity index is 420. The highest BCUT2D eigenvalue weighted by Crippen LogP contribution is 2.12. The zero-order chi connectivity index (χ0) is 14.4. The van der Waals surface area contributed by atoms with E-state index in [1.165, 1.54) is 11.5 Å². The van der Waals surface area contributed by atoms with E-state index in [4.69, 9.17) is 0 Å². The standard InChI is InChI=1S/C13H23NO3S/c1-6-12(15)14-13(4,5)9-7-8-10-18(16,17)11(2)3/h6,8,10-11H,1,7,9H2,2-5H3,(H,14,15)/b10-8+. The summed E-state index contributed by atoms with van der Waals surface area (Å²) in [5.74, 6) is -0.223. The van der Waals surface area contributed by atoms with Crippen LogP contribution in [0.5, 0.6) is 0 Å². The van der Waals surface area contributed by atoms with E-state index in [9.17, 15) is 13.2 Å². The monoisotopic (exact) mass is 273 g/mol. The maximum Gasteiger partial charge on any atom is 0.243 e. The molecular formula is C13H23NO3S. The summed E-state index contributed by atoms with van der Waals surface area (Å²) in [5, 5.41) is 3.64. The van der Waals surface area contributed by atoms with Crippen molar-refractivity contribution in [2.45, 2.75) is 51.3 Å². The number of amides is 1. The van der Waals surface area contributed by atoms with Crippen LogP contribution in [0.2, 0.25) is 0 Å².